The molecule has 0 aliphatic carbocycles. The van der Waals surface area contributed by atoms with Crippen molar-refractivity contribution in [1.29, 1.82) is 0 Å². The third-order valence-corrected chi connectivity index (χ3v) is 2.90. The average Bonchev–Trinajstić information content (AvgIpc) is 2.66. The van der Waals surface area contributed by atoms with Crippen molar-refractivity contribution in [2.45, 2.75) is 45.3 Å². The van der Waals surface area contributed by atoms with Gasteiger partial charge < -0.3 is 9.72 Å². The van der Waals surface area contributed by atoms with Crippen molar-refractivity contribution in [3.63, 3.8) is 0 Å². The van der Waals surface area contributed by atoms with Crippen molar-refractivity contribution in [1.82, 2.24) is 9.55 Å². The second kappa shape index (κ2) is 4.14. The summed E-state index contributed by atoms with van der Waals surface area (Å²) in [7, 11) is 0. The molecule has 1 atom stereocenters. The van der Waals surface area contributed by atoms with Gasteiger partial charge in [0.05, 0.1) is 11.8 Å². The minimum Gasteiger partial charge on any atom is -0.372 e. The quantitative estimate of drug-likeness (QED) is 0.798. The normalized spacial score (nSPS) is 20.8. The summed E-state index contributed by atoms with van der Waals surface area (Å²) in [6, 6.07) is 1.47. The highest BCUT2D eigenvalue weighted by Crippen LogP contribution is 2.25. The van der Waals surface area contributed by atoms with Gasteiger partial charge in [-0.25, -0.2) is 4.79 Å². The van der Waals surface area contributed by atoms with E-state index in [9.17, 15) is 9.59 Å². The monoisotopic (exact) mass is 238 g/mol. The van der Waals surface area contributed by atoms with Crippen LogP contribution in [0.3, 0.4) is 0 Å². The van der Waals surface area contributed by atoms with Crippen LogP contribution in [0.5, 0.6) is 0 Å². The van der Waals surface area contributed by atoms with Gasteiger partial charge in [0.25, 0.3) is 5.56 Å². The minimum atomic E-state index is -0.514. The first-order valence-electron chi connectivity index (χ1n) is 5.88. The molecule has 0 unspecified atom stereocenters. The molecule has 1 N–H and O–H groups in total. The maximum atomic E-state index is 12.0. The van der Waals surface area contributed by atoms with Crippen molar-refractivity contribution in [2.24, 2.45) is 0 Å². The van der Waals surface area contributed by atoms with E-state index in [1.54, 1.807) is 0 Å². The highest BCUT2D eigenvalue weighted by atomic mass is 16.5. The first-order valence-corrected chi connectivity index (χ1v) is 5.88. The molecule has 1 aliphatic heterocycles. The van der Waals surface area contributed by atoms with Gasteiger partial charge in [0.2, 0.25) is 0 Å². The van der Waals surface area contributed by atoms with E-state index in [-0.39, 0.29) is 17.4 Å². The Hall–Kier alpha value is -1.36. The Bertz CT molecular complexity index is 485. The standard InChI is InChI=1S/C12H18N2O3/c1-12(2,3)14-10(15)7-8(13-11(14)16)9-5-4-6-17-9/h7,9H,4-6H2,1-3H3,(H,13,16)/t9-/m0/s1. The van der Waals surface area contributed by atoms with Crippen molar-refractivity contribution < 1.29 is 4.74 Å². The number of aromatic amines is 1. The van der Waals surface area contributed by atoms with Crippen LogP contribution in [0.15, 0.2) is 15.7 Å². The van der Waals surface area contributed by atoms with Crippen molar-refractivity contribution >= 4 is 0 Å². The highest BCUT2D eigenvalue weighted by Gasteiger charge is 2.23. The molecule has 1 saturated heterocycles. The van der Waals surface area contributed by atoms with Gasteiger partial charge in [-0.2, -0.15) is 0 Å². The average molecular weight is 238 g/mol. The Morgan fingerprint density at radius 3 is 2.59 bits per heavy atom. The van der Waals surface area contributed by atoms with E-state index in [0.29, 0.717) is 12.3 Å². The fourth-order valence-electron chi connectivity index (χ4n) is 2.14. The van der Waals surface area contributed by atoms with Crippen molar-refractivity contribution in [3.8, 4) is 0 Å². The van der Waals surface area contributed by atoms with E-state index in [1.165, 1.54) is 10.6 Å². The molecule has 0 aromatic carbocycles. The van der Waals surface area contributed by atoms with E-state index in [1.807, 2.05) is 20.8 Å². The number of ether oxygens (including phenoxy) is 1. The molecule has 2 rings (SSSR count). The van der Waals surface area contributed by atoms with Crippen molar-refractivity contribution in [2.75, 3.05) is 6.61 Å². The first kappa shape index (κ1) is 12.1. The summed E-state index contributed by atoms with van der Waals surface area (Å²) in [6.07, 6.45) is 1.69. The van der Waals surface area contributed by atoms with Crippen LogP contribution in [0.1, 0.15) is 45.4 Å². The summed E-state index contributed by atoms with van der Waals surface area (Å²) in [5.41, 5.74) is -0.556. The number of rotatable bonds is 1. The molecule has 17 heavy (non-hydrogen) atoms. The van der Waals surface area contributed by atoms with Crippen LogP contribution in [0.2, 0.25) is 0 Å². The van der Waals surface area contributed by atoms with Crippen LogP contribution in [-0.4, -0.2) is 16.2 Å². The summed E-state index contributed by atoms with van der Waals surface area (Å²) < 4.78 is 6.68. The summed E-state index contributed by atoms with van der Waals surface area (Å²) >= 11 is 0. The smallest absolute Gasteiger partial charge is 0.329 e. The molecular formula is C12H18N2O3. The molecule has 5 nitrogen and oxygen atoms in total. The van der Waals surface area contributed by atoms with Gasteiger partial charge in [-0.15, -0.1) is 0 Å². The molecule has 2 heterocycles. The molecular weight excluding hydrogens is 220 g/mol. The lowest BCUT2D eigenvalue weighted by molar-refractivity contribution is 0.108. The van der Waals surface area contributed by atoms with Gasteiger partial charge in [-0.05, 0) is 33.6 Å². The number of aromatic nitrogens is 2. The molecule has 0 spiro atoms. The molecule has 1 aliphatic rings. The van der Waals surface area contributed by atoms with Crippen LogP contribution < -0.4 is 11.2 Å². The van der Waals surface area contributed by atoms with Crippen molar-refractivity contribution in [3.05, 3.63) is 32.6 Å². The number of hydrogen-bond donors (Lipinski definition) is 1. The Morgan fingerprint density at radius 1 is 1.41 bits per heavy atom. The Balaban J connectivity index is 2.49. The predicted octanol–water partition coefficient (Wildman–Crippen LogP) is 1.14. The SMILES string of the molecule is CC(C)(C)n1c(=O)cc([C@@H]2CCCO2)[nH]c1=O. The van der Waals surface area contributed by atoms with Gasteiger partial charge in [0.15, 0.2) is 0 Å². The molecule has 1 aromatic rings. The molecule has 0 amide bonds. The lowest BCUT2D eigenvalue weighted by atomic mass is 10.1. The number of hydrogen-bond acceptors (Lipinski definition) is 3. The lowest BCUT2D eigenvalue weighted by Crippen LogP contribution is -2.45. The Kier molecular flexibility index (Phi) is 2.95. The molecule has 94 valence electrons. The lowest BCUT2D eigenvalue weighted by Gasteiger charge is -2.21. The summed E-state index contributed by atoms with van der Waals surface area (Å²) in [6.45, 7) is 6.18. The molecule has 0 saturated carbocycles. The second-order valence-corrected chi connectivity index (χ2v) is 5.38. The van der Waals surface area contributed by atoms with Gasteiger partial charge in [0.1, 0.15) is 0 Å². The second-order valence-electron chi connectivity index (χ2n) is 5.38. The summed E-state index contributed by atoms with van der Waals surface area (Å²) in [5, 5.41) is 0. The van der Waals surface area contributed by atoms with Crippen LogP contribution in [0.4, 0.5) is 0 Å². The van der Waals surface area contributed by atoms with Gasteiger partial charge >= 0.3 is 5.69 Å². The summed E-state index contributed by atoms with van der Waals surface area (Å²) in [5.74, 6) is 0. The largest absolute Gasteiger partial charge is 0.372 e. The first-order chi connectivity index (χ1) is 7.89. The zero-order chi connectivity index (χ0) is 12.6. The minimum absolute atomic E-state index is 0.134. The topological polar surface area (TPSA) is 64.1 Å². The zero-order valence-electron chi connectivity index (χ0n) is 10.4. The van der Waals surface area contributed by atoms with Gasteiger partial charge in [0, 0.05) is 18.2 Å². The fraction of sp³-hybridized carbons (Fsp3) is 0.667. The molecule has 0 radical (unpaired) electrons. The fourth-order valence-corrected chi connectivity index (χ4v) is 2.14. The van der Waals surface area contributed by atoms with Crippen LogP contribution >= 0.6 is 0 Å². The van der Waals surface area contributed by atoms with E-state index < -0.39 is 5.54 Å². The predicted molar refractivity (Wildman–Crippen MR) is 64.2 cm³/mol. The summed E-state index contributed by atoms with van der Waals surface area (Å²) in [4.78, 5) is 26.6. The number of nitrogens with zero attached hydrogens (tertiary/aromatic N) is 1. The van der Waals surface area contributed by atoms with Gasteiger partial charge in [-0.3, -0.25) is 9.36 Å². The Morgan fingerprint density at radius 2 is 2.12 bits per heavy atom. The number of nitrogens with one attached hydrogen (secondary N) is 1. The molecule has 1 aromatic heterocycles. The van der Waals surface area contributed by atoms with E-state index >= 15 is 0 Å². The molecule has 5 heteroatoms. The number of H-pyrrole nitrogens is 1. The van der Waals surface area contributed by atoms with E-state index in [2.05, 4.69) is 4.98 Å². The van der Waals surface area contributed by atoms with Crippen LogP contribution in [0.25, 0.3) is 0 Å². The maximum absolute atomic E-state index is 12.0. The molecule has 0 bridgehead atoms. The Labute approximate surface area is 99.4 Å². The molecule has 1 fully saturated rings. The zero-order valence-corrected chi connectivity index (χ0v) is 10.4. The van der Waals surface area contributed by atoms with Gasteiger partial charge in [-0.1, -0.05) is 0 Å². The van der Waals surface area contributed by atoms with Crippen LogP contribution in [0, 0.1) is 0 Å². The van der Waals surface area contributed by atoms with Crippen LogP contribution in [-0.2, 0) is 10.3 Å². The maximum Gasteiger partial charge on any atom is 0.329 e. The third kappa shape index (κ3) is 2.34. The van der Waals surface area contributed by atoms with E-state index in [4.69, 9.17) is 4.74 Å². The third-order valence-electron chi connectivity index (χ3n) is 2.90. The van der Waals surface area contributed by atoms with E-state index in [0.717, 1.165) is 12.8 Å². The highest BCUT2D eigenvalue weighted by molar-refractivity contribution is 5.06.